The molecule has 0 saturated heterocycles. The van der Waals surface area contributed by atoms with Crippen LogP contribution in [0.4, 0.5) is 0 Å². The van der Waals surface area contributed by atoms with Crippen molar-refractivity contribution in [2.24, 2.45) is 5.73 Å². The van der Waals surface area contributed by atoms with E-state index < -0.39 is 0 Å². The molecule has 0 bridgehead atoms. The van der Waals surface area contributed by atoms with Crippen LogP contribution in [0.1, 0.15) is 27.9 Å². The van der Waals surface area contributed by atoms with Crippen molar-refractivity contribution in [1.82, 2.24) is 4.90 Å². The summed E-state index contributed by atoms with van der Waals surface area (Å²) in [4.78, 5) is 14.1. The van der Waals surface area contributed by atoms with Gasteiger partial charge in [-0.2, -0.15) is 0 Å². The molecule has 1 aromatic carbocycles. The van der Waals surface area contributed by atoms with Crippen molar-refractivity contribution in [3.8, 4) is 0 Å². The molecule has 1 aliphatic rings. The van der Waals surface area contributed by atoms with Crippen molar-refractivity contribution in [2.75, 3.05) is 19.6 Å². The van der Waals surface area contributed by atoms with Crippen molar-refractivity contribution in [3.05, 3.63) is 34.9 Å². The van der Waals surface area contributed by atoms with Gasteiger partial charge in [0.25, 0.3) is 5.91 Å². The first-order chi connectivity index (χ1) is 7.74. The lowest BCUT2D eigenvalue weighted by atomic mass is 9.98. The molecule has 0 fully saturated rings. The Morgan fingerprint density at radius 1 is 1.44 bits per heavy atom. The molecule has 1 heterocycles. The van der Waals surface area contributed by atoms with E-state index in [-0.39, 0.29) is 5.91 Å². The fraction of sp³-hybridized carbons (Fsp3) is 0.462. The van der Waals surface area contributed by atoms with Crippen LogP contribution in [0.3, 0.4) is 0 Å². The second-order valence-corrected chi connectivity index (χ2v) is 4.29. The zero-order chi connectivity index (χ0) is 11.5. The summed E-state index contributed by atoms with van der Waals surface area (Å²) in [7, 11) is 0. The van der Waals surface area contributed by atoms with Gasteiger partial charge in [0, 0.05) is 25.2 Å². The normalized spacial score (nSPS) is 15.9. The largest absolute Gasteiger partial charge is 0.337 e. The summed E-state index contributed by atoms with van der Waals surface area (Å²) in [6.07, 6.45) is 2.03. The first-order valence-electron chi connectivity index (χ1n) is 5.82. The van der Waals surface area contributed by atoms with Gasteiger partial charge in [-0.3, -0.25) is 4.79 Å². The lowest BCUT2D eigenvalue weighted by molar-refractivity contribution is 0.0765. The molecule has 0 spiro atoms. The minimum absolute atomic E-state index is 0.140. The molecule has 3 nitrogen and oxygen atoms in total. The minimum Gasteiger partial charge on any atom is -0.337 e. The van der Waals surface area contributed by atoms with Gasteiger partial charge in [0.1, 0.15) is 0 Å². The molecule has 86 valence electrons. The van der Waals surface area contributed by atoms with E-state index in [4.69, 9.17) is 5.73 Å². The third-order valence-corrected chi connectivity index (χ3v) is 3.18. The van der Waals surface area contributed by atoms with E-state index in [0.717, 1.165) is 24.9 Å². The van der Waals surface area contributed by atoms with Gasteiger partial charge in [-0.1, -0.05) is 12.1 Å². The molecule has 2 N–H and O–H groups in total. The van der Waals surface area contributed by atoms with Gasteiger partial charge in [-0.05, 0) is 37.0 Å². The van der Waals surface area contributed by atoms with E-state index in [1.807, 2.05) is 17.0 Å². The summed E-state index contributed by atoms with van der Waals surface area (Å²) < 4.78 is 0. The topological polar surface area (TPSA) is 46.3 Å². The standard InChI is InChI=1S/C13H18N2O/c1-10-4-2-5-12-11(10)6-3-8-15(9-7-14)13(12)16/h2,4-5H,3,6-9,14H2,1H3. The van der Waals surface area contributed by atoms with E-state index in [2.05, 4.69) is 13.0 Å². The number of hydrogen-bond donors (Lipinski definition) is 1. The Bertz CT molecular complexity index is 401. The van der Waals surface area contributed by atoms with Crippen molar-refractivity contribution in [2.45, 2.75) is 19.8 Å². The molecule has 1 aliphatic heterocycles. The summed E-state index contributed by atoms with van der Waals surface area (Å²) in [6, 6.07) is 5.96. The van der Waals surface area contributed by atoms with Crippen LogP contribution in [0.2, 0.25) is 0 Å². The highest BCUT2D eigenvalue weighted by Gasteiger charge is 2.22. The first kappa shape index (κ1) is 11.1. The highest BCUT2D eigenvalue weighted by atomic mass is 16.2. The van der Waals surface area contributed by atoms with Gasteiger partial charge >= 0.3 is 0 Å². The molecule has 1 amide bonds. The van der Waals surface area contributed by atoms with Gasteiger partial charge in [0.15, 0.2) is 0 Å². The fourth-order valence-electron chi connectivity index (χ4n) is 2.32. The Labute approximate surface area is 96.2 Å². The maximum atomic E-state index is 12.2. The van der Waals surface area contributed by atoms with Crippen molar-refractivity contribution >= 4 is 5.91 Å². The van der Waals surface area contributed by atoms with E-state index in [1.165, 1.54) is 11.1 Å². The van der Waals surface area contributed by atoms with Crippen LogP contribution < -0.4 is 5.73 Å². The number of nitrogens with two attached hydrogens (primary N) is 1. The highest BCUT2D eigenvalue weighted by Crippen LogP contribution is 2.21. The van der Waals surface area contributed by atoms with Crippen molar-refractivity contribution in [3.63, 3.8) is 0 Å². The summed E-state index contributed by atoms with van der Waals surface area (Å²) in [6.45, 7) is 4.09. The number of nitrogens with zero attached hydrogens (tertiary/aromatic N) is 1. The Kier molecular flexibility index (Phi) is 3.25. The Morgan fingerprint density at radius 3 is 3.00 bits per heavy atom. The number of rotatable bonds is 2. The van der Waals surface area contributed by atoms with Gasteiger partial charge in [0.05, 0.1) is 0 Å². The van der Waals surface area contributed by atoms with Gasteiger partial charge in [0.2, 0.25) is 0 Å². The molecule has 0 saturated carbocycles. The SMILES string of the molecule is Cc1cccc2c1CCCN(CCN)C2=O. The molecule has 0 radical (unpaired) electrons. The molecule has 16 heavy (non-hydrogen) atoms. The smallest absolute Gasteiger partial charge is 0.254 e. The van der Waals surface area contributed by atoms with Crippen LogP contribution >= 0.6 is 0 Å². The van der Waals surface area contributed by atoms with Crippen LogP contribution in [0.5, 0.6) is 0 Å². The maximum absolute atomic E-state index is 12.2. The predicted octanol–water partition coefficient (Wildman–Crippen LogP) is 1.34. The maximum Gasteiger partial charge on any atom is 0.254 e. The number of carbonyl (C=O) groups excluding carboxylic acids is 1. The number of benzene rings is 1. The summed E-state index contributed by atoms with van der Waals surface area (Å²) in [5.41, 5.74) is 8.83. The van der Waals surface area contributed by atoms with E-state index in [9.17, 15) is 4.79 Å². The average molecular weight is 218 g/mol. The summed E-state index contributed by atoms with van der Waals surface area (Å²) >= 11 is 0. The van der Waals surface area contributed by atoms with E-state index in [0.29, 0.717) is 13.1 Å². The fourth-order valence-corrected chi connectivity index (χ4v) is 2.32. The quantitative estimate of drug-likeness (QED) is 0.814. The molecule has 0 aliphatic carbocycles. The molecular weight excluding hydrogens is 200 g/mol. The second-order valence-electron chi connectivity index (χ2n) is 4.29. The lowest BCUT2D eigenvalue weighted by Gasteiger charge is -2.19. The average Bonchev–Trinajstić information content (AvgIpc) is 2.43. The molecule has 3 heteroatoms. The molecule has 0 atom stereocenters. The van der Waals surface area contributed by atoms with Crippen LogP contribution in [0.25, 0.3) is 0 Å². The Balaban J connectivity index is 2.37. The van der Waals surface area contributed by atoms with Gasteiger partial charge in [-0.15, -0.1) is 0 Å². The second kappa shape index (κ2) is 4.66. The molecule has 2 rings (SSSR count). The van der Waals surface area contributed by atoms with Crippen LogP contribution in [0.15, 0.2) is 18.2 Å². The van der Waals surface area contributed by atoms with Crippen molar-refractivity contribution < 1.29 is 4.79 Å². The lowest BCUT2D eigenvalue weighted by Crippen LogP contribution is -2.35. The Morgan fingerprint density at radius 2 is 2.25 bits per heavy atom. The number of amides is 1. The monoisotopic (exact) mass is 218 g/mol. The molecular formula is C13H18N2O. The number of fused-ring (bicyclic) bond motifs is 1. The highest BCUT2D eigenvalue weighted by molar-refractivity contribution is 5.96. The number of hydrogen-bond acceptors (Lipinski definition) is 2. The predicted molar refractivity (Wildman–Crippen MR) is 64.5 cm³/mol. The molecule has 0 aromatic heterocycles. The minimum atomic E-state index is 0.140. The van der Waals surface area contributed by atoms with E-state index in [1.54, 1.807) is 0 Å². The van der Waals surface area contributed by atoms with Gasteiger partial charge in [-0.25, -0.2) is 0 Å². The van der Waals surface area contributed by atoms with E-state index >= 15 is 0 Å². The van der Waals surface area contributed by atoms with Crippen LogP contribution in [0, 0.1) is 6.92 Å². The number of carbonyl (C=O) groups is 1. The zero-order valence-corrected chi connectivity index (χ0v) is 9.70. The molecule has 0 unspecified atom stereocenters. The first-order valence-corrected chi connectivity index (χ1v) is 5.82. The third-order valence-electron chi connectivity index (χ3n) is 3.18. The van der Waals surface area contributed by atoms with Crippen molar-refractivity contribution in [1.29, 1.82) is 0 Å². The Hall–Kier alpha value is -1.35. The summed E-state index contributed by atoms with van der Waals surface area (Å²) in [5, 5.41) is 0. The van der Waals surface area contributed by atoms with Crippen LogP contribution in [-0.2, 0) is 6.42 Å². The third kappa shape index (κ3) is 1.95. The van der Waals surface area contributed by atoms with Gasteiger partial charge < -0.3 is 10.6 Å². The number of aryl methyl sites for hydroxylation is 1. The van der Waals surface area contributed by atoms with Crippen LogP contribution in [-0.4, -0.2) is 30.4 Å². The zero-order valence-electron chi connectivity index (χ0n) is 9.70. The molecule has 1 aromatic rings. The summed E-state index contributed by atoms with van der Waals surface area (Å²) in [5.74, 6) is 0.140.